The van der Waals surface area contributed by atoms with Crippen LogP contribution in [0.4, 0.5) is 26.3 Å². The maximum Gasteiger partial charge on any atom is 0.420 e. The van der Waals surface area contributed by atoms with Crippen LogP contribution in [-0.2, 0) is 6.18 Å². The fourth-order valence-electron chi connectivity index (χ4n) is 2.20. The fraction of sp³-hybridized carbons (Fsp3) is 0.294. The van der Waals surface area contributed by atoms with E-state index < -0.39 is 54.4 Å². The fourth-order valence-corrected chi connectivity index (χ4v) is 2.51. The molecular formula is C17H13BrF6O2. The van der Waals surface area contributed by atoms with E-state index in [0.29, 0.717) is 6.07 Å². The molecule has 2 rings (SSSR count). The van der Waals surface area contributed by atoms with Gasteiger partial charge in [-0.05, 0) is 45.8 Å². The summed E-state index contributed by atoms with van der Waals surface area (Å²) in [4.78, 5) is 0. The van der Waals surface area contributed by atoms with Crippen molar-refractivity contribution in [2.75, 3.05) is 6.61 Å². The first-order valence-electron chi connectivity index (χ1n) is 7.37. The molecule has 0 aliphatic heterocycles. The van der Waals surface area contributed by atoms with Gasteiger partial charge in [0, 0.05) is 6.42 Å². The molecule has 0 aliphatic rings. The van der Waals surface area contributed by atoms with E-state index >= 15 is 0 Å². The van der Waals surface area contributed by atoms with Crippen molar-refractivity contribution >= 4 is 15.9 Å². The molecule has 1 N–H and O–H groups in total. The Labute approximate surface area is 153 Å². The molecule has 0 aromatic heterocycles. The average molecular weight is 443 g/mol. The van der Waals surface area contributed by atoms with E-state index in [9.17, 15) is 31.4 Å². The number of aliphatic hydroxyl groups excluding tert-OH is 1. The molecule has 2 unspecified atom stereocenters. The van der Waals surface area contributed by atoms with Crippen LogP contribution in [0.2, 0.25) is 0 Å². The largest absolute Gasteiger partial charge is 0.490 e. The van der Waals surface area contributed by atoms with Crippen molar-refractivity contribution in [3.63, 3.8) is 0 Å². The number of ether oxygens (including phenoxy) is 1. The van der Waals surface area contributed by atoms with Gasteiger partial charge in [0.2, 0.25) is 0 Å². The summed E-state index contributed by atoms with van der Waals surface area (Å²) < 4.78 is 84.1. The van der Waals surface area contributed by atoms with Crippen molar-refractivity contribution in [1.82, 2.24) is 0 Å². The molecule has 2 aromatic rings. The standard InChI is InChI=1S/C17H13BrF6O2/c18-12-6-5-11(17(22,23)24)16(14(12)21)26-8-7-13(20)15(25)9-1-3-10(19)4-2-9/h1-6,13,15,25H,7-8H2. The monoisotopic (exact) mass is 442 g/mol. The van der Waals surface area contributed by atoms with Gasteiger partial charge in [0.25, 0.3) is 0 Å². The summed E-state index contributed by atoms with van der Waals surface area (Å²) in [5.41, 5.74) is -1.23. The van der Waals surface area contributed by atoms with Crippen LogP contribution in [0.25, 0.3) is 0 Å². The minimum Gasteiger partial charge on any atom is -0.490 e. The second kappa shape index (κ2) is 8.30. The van der Waals surface area contributed by atoms with E-state index in [4.69, 9.17) is 4.74 Å². The molecular weight excluding hydrogens is 430 g/mol. The van der Waals surface area contributed by atoms with Crippen LogP contribution in [-0.4, -0.2) is 17.9 Å². The van der Waals surface area contributed by atoms with Crippen LogP contribution >= 0.6 is 15.9 Å². The number of aliphatic hydroxyl groups is 1. The molecule has 2 atom stereocenters. The van der Waals surface area contributed by atoms with E-state index in [2.05, 4.69) is 15.9 Å². The molecule has 9 heteroatoms. The first-order chi connectivity index (χ1) is 12.1. The van der Waals surface area contributed by atoms with E-state index in [1.165, 1.54) is 12.1 Å². The zero-order valence-electron chi connectivity index (χ0n) is 13.0. The van der Waals surface area contributed by atoms with Gasteiger partial charge in [0.05, 0.1) is 11.1 Å². The number of alkyl halides is 4. The minimum absolute atomic E-state index is 0.100. The molecule has 2 aromatic carbocycles. The topological polar surface area (TPSA) is 29.5 Å². The lowest BCUT2D eigenvalue weighted by molar-refractivity contribution is -0.139. The Hall–Kier alpha value is -1.74. The van der Waals surface area contributed by atoms with E-state index in [-0.39, 0.29) is 10.0 Å². The third kappa shape index (κ3) is 4.91. The molecule has 0 amide bonds. The summed E-state index contributed by atoms with van der Waals surface area (Å²) in [6, 6.07) is 5.97. The lowest BCUT2D eigenvalue weighted by Crippen LogP contribution is -2.18. The molecule has 0 fully saturated rings. The summed E-state index contributed by atoms with van der Waals surface area (Å²) >= 11 is 2.76. The molecule has 0 saturated carbocycles. The lowest BCUT2D eigenvalue weighted by atomic mass is 10.0. The van der Waals surface area contributed by atoms with Gasteiger partial charge in [-0.25, -0.2) is 13.2 Å². The van der Waals surface area contributed by atoms with Crippen molar-refractivity contribution in [2.45, 2.75) is 24.9 Å². The highest BCUT2D eigenvalue weighted by atomic mass is 79.9. The molecule has 0 saturated heterocycles. The second-order valence-electron chi connectivity index (χ2n) is 5.39. The molecule has 142 valence electrons. The molecule has 26 heavy (non-hydrogen) atoms. The number of halogens is 7. The Morgan fingerprint density at radius 3 is 2.23 bits per heavy atom. The van der Waals surface area contributed by atoms with Crippen LogP contribution in [0, 0.1) is 11.6 Å². The van der Waals surface area contributed by atoms with Crippen LogP contribution in [0.3, 0.4) is 0 Å². The van der Waals surface area contributed by atoms with Gasteiger partial charge in [-0.1, -0.05) is 12.1 Å². The van der Waals surface area contributed by atoms with Gasteiger partial charge in [0.15, 0.2) is 11.6 Å². The highest BCUT2D eigenvalue weighted by molar-refractivity contribution is 9.10. The Balaban J connectivity index is 2.05. The van der Waals surface area contributed by atoms with Crippen LogP contribution < -0.4 is 4.74 Å². The first-order valence-corrected chi connectivity index (χ1v) is 8.16. The van der Waals surface area contributed by atoms with E-state index in [1.807, 2.05) is 0 Å². The summed E-state index contributed by atoms with van der Waals surface area (Å²) in [6.45, 7) is -0.601. The Morgan fingerprint density at radius 2 is 1.65 bits per heavy atom. The highest BCUT2D eigenvalue weighted by Crippen LogP contribution is 2.40. The predicted octanol–water partition coefficient (Wildman–Crippen LogP) is 5.59. The summed E-state index contributed by atoms with van der Waals surface area (Å²) in [6.07, 6.45) is -8.86. The normalized spacial score (nSPS) is 14.2. The third-order valence-electron chi connectivity index (χ3n) is 3.55. The number of benzene rings is 2. The molecule has 2 nitrogen and oxygen atoms in total. The van der Waals surface area contributed by atoms with Gasteiger partial charge < -0.3 is 9.84 Å². The summed E-state index contributed by atoms with van der Waals surface area (Å²) in [5, 5.41) is 9.85. The maximum atomic E-state index is 14.1. The number of hydrogen-bond acceptors (Lipinski definition) is 2. The molecule has 0 spiro atoms. The van der Waals surface area contributed by atoms with Crippen LogP contribution in [0.5, 0.6) is 5.75 Å². The summed E-state index contributed by atoms with van der Waals surface area (Å²) in [5.74, 6) is -2.87. The third-order valence-corrected chi connectivity index (χ3v) is 4.16. The van der Waals surface area contributed by atoms with Gasteiger partial charge in [-0.3, -0.25) is 0 Å². The zero-order valence-corrected chi connectivity index (χ0v) is 14.6. The predicted molar refractivity (Wildman–Crippen MR) is 85.5 cm³/mol. The van der Waals surface area contributed by atoms with Crippen molar-refractivity contribution in [1.29, 1.82) is 0 Å². The van der Waals surface area contributed by atoms with Gasteiger partial charge >= 0.3 is 6.18 Å². The van der Waals surface area contributed by atoms with Crippen molar-refractivity contribution in [3.8, 4) is 5.75 Å². The lowest BCUT2D eigenvalue weighted by Gasteiger charge is -2.18. The Morgan fingerprint density at radius 1 is 1.04 bits per heavy atom. The average Bonchev–Trinajstić information content (AvgIpc) is 2.57. The van der Waals surface area contributed by atoms with E-state index in [1.54, 1.807) is 0 Å². The van der Waals surface area contributed by atoms with Crippen molar-refractivity contribution < 1.29 is 36.2 Å². The molecule has 0 aliphatic carbocycles. The van der Waals surface area contributed by atoms with Crippen molar-refractivity contribution in [3.05, 3.63) is 63.6 Å². The second-order valence-corrected chi connectivity index (χ2v) is 6.24. The number of rotatable bonds is 6. The van der Waals surface area contributed by atoms with Crippen LogP contribution in [0.1, 0.15) is 23.7 Å². The number of hydrogen-bond donors (Lipinski definition) is 1. The van der Waals surface area contributed by atoms with Gasteiger partial charge in [-0.15, -0.1) is 0 Å². The zero-order chi connectivity index (χ0) is 19.5. The van der Waals surface area contributed by atoms with Gasteiger partial charge in [-0.2, -0.15) is 13.2 Å². The van der Waals surface area contributed by atoms with Crippen LogP contribution in [0.15, 0.2) is 40.9 Å². The van der Waals surface area contributed by atoms with Gasteiger partial charge in [0.1, 0.15) is 23.7 Å². The smallest absolute Gasteiger partial charge is 0.420 e. The van der Waals surface area contributed by atoms with E-state index in [0.717, 1.165) is 18.2 Å². The minimum atomic E-state index is -4.85. The quantitative estimate of drug-likeness (QED) is 0.591. The highest BCUT2D eigenvalue weighted by Gasteiger charge is 2.36. The molecule has 0 heterocycles. The first kappa shape index (κ1) is 20.6. The SMILES string of the molecule is OC(c1ccc(F)cc1)C(F)CCOc1c(C(F)(F)F)ccc(Br)c1F. The molecule has 0 radical (unpaired) electrons. The van der Waals surface area contributed by atoms with Crippen molar-refractivity contribution in [2.24, 2.45) is 0 Å². The molecule has 0 bridgehead atoms. The Bertz CT molecular complexity index is 748. The summed E-state index contributed by atoms with van der Waals surface area (Å²) in [7, 11) is 0. The Kier molecular flexibility index (Phi) is 6.57. The maximum absolute atomic E-state index is 14.1.